The smallest absolute Gasteiger partial charge is 0.0787 e. The van der Waals surface area contributed by atoms with Gasteiger partial charge in [0.05, 0.1) is 24.9 Å². The van der Waals surface area contributed by atoms with Gasteiger partial charge in [-0.1, -0.05) is 31.9 Å². The van der Waals surface area contributed by atoms with E-state index >= 15 is 0 Å². The number of fused-ring (bicyclic) bond motifs is 1. The zero-order chi connectivity index (χ0) is 13.9. The van der Waals surface area contributed by atoms with E-state index in [2.05, 4.69) is 29.2 Å². The van der Waals surface area contributed by atoms with E-state index in [-0.39, 0.29) is 6.10 Å². The van der Waals surface area contributed by atoms with Gasteiger partial charge in [-0.2, -0.15) is 0 Å². The molecule has 3 heteroatoms. The molecule has 1 heterocycles. The van der Waals surface area contributed by atoms with Crippen LogP contribution in [0.4, 0.5) is 5.69 Å². The molecule has 2 unspecified atom stereocenters. The second-order valence-corrected chi connectivity index (χ2v) is 5.97. The summed E-state index contributed by atoms with van der Waals surface area (Å²) >= 11 is 0. The van der Waals surface area contributed by atoms with E-state index < -0.39 is 0 Å². The van der Waals surface area contributed by atoms with Gasteiger partial charge in [-0.05, 0) is 37.0 Å². The first-order chi connectivity index (χ1) is 9.79. The van der Waals surface area contributed by atoms with Gasteiger partial charge in [0, 0.05) is 12.2 Å². The number of aliphatic hydroxyl groups is 1. The van der Waals surface area contributed by atoms with E-state index in [0.29, 0.717) is 12.1 Å². The molecule has 20 heavy (non-hydrogen) atoms. The average molecular weight is 275 g/mol. The fourth-order valence-electron chi connectivity index (χ4n) is 3.54. The standard InChI is InChI=1S/C17H25NO2/c1-2-16(19)13-7-9-14(10-8-13)18-11-12-20-17-6-4-3-5-15(17)18/h7-10,15-17,19H,2-6,11-12H2,1H3/t15?,16-,17?/m0/s1. The maximum Gasteiger partial charge on any atom is 0.0787 e. The Bertz CT molecular complexity index is 429. The lowest BCUT2D eigenvalue weighted by molar-refractivity contribution is -0.00868. The van der Waals surface area contributed by atoms with Crippen molar-refractivity contribution in [1.29, 1.82) is 0 Å². The van der Waals surface area contributed by atoms with Crippen LogP contribution >= 0.6 is 0 Å². The Kier molecular flexibility index (Phi) is 4.27. The van der Waals surface area contributed by atoms with Crippen molar-refractivity contribution in [2.45, 2.75) is 57.3 Å². The quantitative estimate of drug-likeness (QED) is 0.919. The van der Waals surface area contributed by atoms with E-state index in [9.17, 15) is 5.11 Å². The second kappa shape index (κ2) is 6.15. The van der Waals surface area contributed by atoms with Crippen LogP contribution < -0.4 is 4.90 Å². The number of benzene rings is 1. The minimum atomic E-state index is -0.337. The van der Waals surface area contributed by atoms with Crippen LogP contribution in [0.5, 0.6) is 0 Å². The molecule has 3 rings (SSSR count). The fourth-order valence-corrected chi connectivity index (χ4v) is 3.54. The fraction of sp³-hybridized carbons (Fsp3) is 0.647. The molecule has 110 valence electrons. The third-order valence-electron chi connectivity index (χ3n) is 4.73. The van der Waals surface area contributed by atoms with Gasteiger partial charge in [0.25, 0.3) is 0 Å². The molecule has 1 saturated carbocycles. The number of nitrogens with zero attached hydrogens (tertiary/aromatic N) is 1. The summed E-state index contributed by atoms with van der Waals surface area (Å²) in [6.45, 7) is 3.82. The predicted octanol–water partition coefficient (Wildman–Crippen LogP) is 3.28. The highest BCUT2D eigenvalue weighted by molar-refractivity contribution is 5.49. The van der Waals surface area contributed by atoms with Crippen LogP contribution in [0.15, 0.2) is 24.3 Å². The molecule has 1 saturated heterocycles. The average Bonchev–Trinajstić information content (AvgIpc) is 2.54. The molecule has 0 bridgehead atoms. The number of ether oxygens (including phenoxy) is 1. The van der Waals surface area contributed by atoms with E-state index in [1.54, 1.807) is 0 Å². The molecule has 3 atom stereocenters. The van der Waals surface area contributed by atoms with Gasteiger partial charge < -0.3 is 14.7 Å². The van der Waals surface area contributed by atoms with Crippen LogP contribution in [0.2, 0.25) is 0 Å². The molecule has 1 aliphatic carbocycles. The number of anilines is 1. The second-order valence-electron chi connectivity index (χ2n) is 5.97. The largest absolute Gasteiger partial charge is 0.388 e. The summed E-state index contributed by atoms with van der Waals surface area (Å²) in [7, 11) is 0. The first-order valence-corrected chi connectivity index (χ1v) is 7.96. The van der Waals surface area contributed by atoms with Gasteiger partial charge in [0.1, 0.15) is 0 Å². The Morgan fingerprint density at radius 1 is 1.25 bits per heavy atom. The molecule has 3 nitrogen and oxygen atoms in total. The van der Waals surface area contributed by atoms with Crippen molar-refractivity contribution in [3.8, 4) is 0 Å². The molecular formula is C17H25NO2. The Hall–Kier alpha value is -1.06. The van der Waals surface area contributed by atoms with Crippen LogP contribution in [-0.4, -0.2) is 30.4 Å². The van der Waals surface area contributed by atoms with Crippen molar-refractivity contribution >= 4 is 5.69 Å². The van der Waals surface area contributed by atoms with Gasteiger partial charge >= 0.3 is 0 Å². The summed E-state index contributed by atoms with van der Waals surface area (Å²) in [5.74, 6) is 0. The van der Waals surface area contributed by atoms with Crippen LogP contribution in [0, 0.1) is 0 Å². The Morgan fingerprint density at radius 2 is 2.00 bits per heavy atom. The number of morpholine rings is 1. The molecule has 2 fully saturated rings. The minimum Gasteiger partial charge on any atom is -0.388 e. The zero-order valence-corrected chi connectivity index (χ0v) is 12.3. The number of aliphatic hydroxyl groups excluding tert-OH is 1. The van der Waals surface area contributed by atoms with Crippen LogP contribution in [-0.2, 0) is 4.74 Å². The van der Waals surface area contributed by atoms with Crippen LogP contribution in [0.3, 0.4) is 0 Å². The highest BCUT2D eigenvalue weighted by atomic mass is 16.5. The lowest BCUT2D eigenvalue weighted by atomic mass is 9.89. The van der Waals surface area contributed by atoms with Crippen molar-refractivity contribution in [1.82, 2.24) is 0 Å². The van der Waals surface area contributed by atoms with Crippen molar-refractivity contribution < 1.29 is 9.84 Å². The third-order valence-corrected chi connectivity index (χ3v) is 4.73. The maximum absolute atomic E-state index is 9.88. The molecule has 1 aliphatic heterocycles. The van der Waals surface area contributed by atoms with Gasteiger partial charge in [-0.3, -0.25) is 0 Å². The highest BCUT2D eigenvalue weighted by Gasteiger charge is 2.34. The summed E-state index contributed by atoms with van der Waals surface area (Å²) in [6.07, 6.45) is 5.90. The predicted molar refractivity (Wildman–Crippen MR) is 81.0 cm³/mol. The Labute approximate surface area is 121 Å². The molecule has 0 spiro atoms. The van der Waals surface area contributed by atoms with Gasteiger partial charge in [-0.15, -0.1) is 0 Å². The molecule has 0 amide bonds. The summed E-state index contributed by atoms with van der Waals surface area (Å²) in [5, 5.41) is 9.88. The number of hydrogen-bond donors (Lipinski definition) is 1. The SMILES string of the molecule is CC[C@H](O)c1ccc(N2CCOC3CCCCC32)cc1. The lowest BCUT2D eigenvalue weighted by Gasteiger charge is -2.45. The molecule has 0 aromatic heterocycles. The molecule has 1 N–H and O–H groups in total. The third kappa shape index (κ3) is 2.70. The first kappa shape index (κ1) is 13.9. The summed E-state index contributed by atoms with van der Waals surface area (Å²) in [5.41, 5.74) is 2.29. The van der Waals surface area contributed by atoms with Crippen LogP contribution in [0.1, 0.15) is 50.7 Å². The molecular weight excluding hydrogens is 250 g/mol. The van der Waals surface area contributed by atoms with Gasteiger partial charge in [-0.25, -0.2) is 0 Å². The molecule has 1 aromatic carbocycles. The zero-order valence-electron chi connectivity index (χ0n) is 12.3. The number of hydrogen-bond acceptors (Lipinski definition) is 3. The van der Waals surface area contributed by atoms with E-state index in [4.69, 9.17) is 4.74 Å². The molecule has 0 radical (unpaired) electrons. The van der Waals surface area contributed by atoms with E-state index in [1.807, 2.05) is 6.92 Å². The monoisotopic (exact) mass is 275 g/mol. The van der Waals surface area contributed by atoms with E-state index in [1.165, 1.54) is 31.4 Å². The van der Waals surface area contributed by atoms with Crippen molar-refractivity contribution in [2.75, 3.05) is 18.1 Å². The normalized spacial score (nSPS) is 28.0. The van der Waals surface area contributed by atoms with Crippen molar-refractivity contribution in [3.63, 3.8) is 0 Å². The topological polar surface area (TPSA) is 32.7 Å². The minimum absolute atomic E-state index is 0.337. The first-order valence-electron chi connectivity index (χ1n) is 7.96. The number of rotatable bonds is 3. The summed E-state index contributed by atoms with van der Waals surface area (Å²) in [6, 6.07) is 8.99. The summed E-state index contributed by atoms with van der Waals surface area (Å²) < 4.78 is 5.93. The maximum atomic E-state index is 9.88. The van der Waals surface area contributed by atoms with Gasteiger partial charge in [0.2, 0.25) is 0 Å². The Balaban J connectivity index is 1.77. The highest BCUT2D eigenvalue weighted by Crippen LogP contribution is 2.32. The Morgan fingerprint density at radius 3 is 2.75 bits per heavy atom. The molecule has 1 aromatic rings. The van der Waals surface area contributed by atoms with Crippen LogP contribution in [0.25, 0.3) is 0 Å². The summed E-state index contributed by atoms with van der Waals surface area (Å²) in [4.78, 5) is 2.51. The molecule has 2 aliphatic rings. The van der Waals surface area contributed by atoms with Crippen molar-refractivity contribution in [2.24, 2.45) is 0 Å². The van der Waals surface area contributed by atoms with Gasteiger partial charge in [0.15, 0.2) is 0 Å². The lowest BCUT2D eigenvalue weighted by Crippen LogP contribution is -2.52. The van der Waals surface area contributed by atoms with Crippen molar-refractivity contribution in [3.05, 3.63) is 29.8 Å². The van der Waals surface area contributed by atoms with E-state index in [0.717, 1.165) is 25.1 Å².